The molecule has 0 aliphatic carbocycles. The van der Waals surface area contributed by atoms with Crippen LogP contribution in [0.1, 0.15) is 11.4 Å². The number of carbonyl (C=O) groups is 1. The van der Waals surface area contributed by atoms with Crippen LogP contribution in [-0.4, -0.2) is 48.7 Å². The number of hydrogen-bond acceptors (Lipinski definition) is 7. The van der Waals surface area contributed by atoms with Gasteiger partial charge >= 0.3 is 5.97 Å². The van der Waals surface area contributed by atoms with Crippen molar-refractivity contribution in [3.63, 3.8) is 0 Å². The lowest BCUT2D eigenvalue weighted by Gasteiger charge is -2.07. The standard InChI is InChI=1S/C22H21N5O3S/c1-13-8-10-14(11-9-13)20-25-26-22(27(20)2)31-12-17(28)18(21(29)30-3)19-23-15-6-4-5-7-16(15)24-19/h4-11,28H,12H2,1-3H3,(H,23,24)/b18-17+. The van der Waals surface area contributed by atoms with E-state index in [9.17, 15) is 9.90 Å². The number of nitrogens with zero attached hydrogens (tertiary/aromatic N) is 4. The molecule has 31 heavy (non-hydrogen) atoms. The molecule has 0 saturated carbocycles. The summed E-state index contributed by atoms with van der Waals surface area (Å²) in [6, 6.07) is 15.4. The normalized spacial score (nSPS) is 12.1. The van der Waals surface area contributed by atoms with Crippen LogP contribution in [0.25, 0.3) is 28.0 Å². The summed E-state index contributed by atoms with van der Waals surface area (Å²) in [4.78, 5) is 19.9. The van der Waals surface area contributed by atoms with E-state index in [4.69, 9.17) is 4.74 Å². The summed E-state index contributed by atoms with van der Waals surface area (Å²) in [6.07, 6.45) is 0. The van der Waals surface area contributed by atoms with Gasteiger partial charge in [0.1, 0.15) is 17.2 Å². The summed E-state index contributed by atoms with van der Waals surface area (Å²) in [7, 11) is 3.13. The Morgan fingerprint density at radius 3 is 2.61 bits per heavy atom. The van der Waals surface area contributed by atoms with E-state index in [1.807, 2.05) is 67.1 Å². The highest BCUT2D eigenvalue weighted by molar-refractivity contribution is 7.99. The van der Waals surface area contributed by atoms with Gasteiger partial charge in [-0.05, 0) is 19.1 Å². The zero-order valence-corrected chi connectivity index (χ0v) is 18.1. The van der Waals surface area contributed by atoms with Crippen LogP contribution in [0.4, 0.5) is 0 Å². The SMILES string of the molecule is COC(=O)/C(=C(/O)CSc1nnc(-c2ccc(C)cc2)n1C)c1nc2ccccc2[nH]1. The summed E-state index contributed by atoms with van der Waals surface area (Å²) in [5.41, 5.74) is 3.55. The van der Waals surface area contributed by atoms with E-state index < -0.39 is 5.97 Å². The molecule has 4 rings (SSSR count). The van der Waals surface area contributed by atoms with Crippen molar-refractivity contribution in [3.05, 3.63) is 65.7 Å². The van der Waals surface area contributed by atoms with Crippen molar-refractivity contribution in [1.82, 2.24) is 24.7 Å². The first-order valence-electron chi connectivity index (χ1n) is 9.52. The Hall–Kier alpha value is -3.59. The summed E-state index contributed by atoms with van der Waals surface area (Å²) < 4.78 is 6.72. The van der Waals surface area contributed by atoms with Crippen molar-refractivity contribution in [3.8, 4) is 11.4 Å². The number of carbonyl (C=O) groups excluding carboxylic acids is 1. The first kappa shape index (κ1) is 20.7. The van der Waals surface area contributed by atoms with Gasteiger partial charge in [-0.25, -0.2) is 9.78 Å². The highest BCUT2D eigenvalue weighted by atomic mass is 32.2. The van der Waals surface area contributed by atoms with Gasteiger partial charge in [-0.3, -0.25) is 0 Å². The van der Waals surface area contributed by atoms with Gasteiger partial charge in [0, 0.05) is 12.6 Å². The van der Waals surface area contributed by atoms with Crippen LogP contribution in [0, 0.1) is 6.92 Å². The fourth-order valence-electron chi connectivity index (χ4n) is 3.12. The number of hydrogen-bond donors (Lipinski definition) is 2. The molecule has 0 radical (unpaired) electrons. The number of aromatic nitrogens is 5. The third-order valence-corrected chi connectivity index (χ3v) is 5.82. The summed E-state index contributed by atoms with van der Waals surface area (Å²) in [6.45, 7) is 2.03. The molecule has 0 aliphatic rings. The van der Waals surface area contributed by atoms with E-state index in [1.165, 1.54) is 18.9 Å². The summed E-state index contributed by atoms with van der Waals surface area (Å²) in [5.74, 6) is 0.244. The average Bonchev–Trinajstić information content (AvgIpc) is 3.36. The first-order valence-corrected chi connectivity index (χ1v) is 10.5. The molecule has 2 aromatic heterocycles. The minimum absolute atomic E-state index is 0.00729. The first-order chi connectivity index (χ1) is 15.0. The van der Waals surface area contributed by atoms with Gasteiger partial charge in [0.2, 0.25) is 0 Å². The lowest BCUT2D eigenvalue weighted by Crippen LogP contribution is -2.10. The monoisotopic (exact) mass is 435 g/mol. The van der Waals surface area contributed by atoms with Crippen LogP contribution >= 0.6 is 11.8 Å². The van der Waals surface area contributed by atoms with Crippen LogP contribution < -0.4 is 0 Å². The Morgan fingerprint density at radius 2 is 1.90 bits per heavy atom. The second-order valence-corrected chi connectivity index (χ2v) is 7.88. The highest BCUT2D eigenvalue weighted by Gasteiger charge is 2.23. The Kier molecular flexibility index (Phi) is 5.77. The number of fused-ring (bicyclic) bond motifs is 1. The number of H-pyrrole nitrogens is 1. The Morgan fingerprint density at radius 1 is 1.16 bits per heavy atom. The molecule has 0 unspecified atom stereocenters. The highest BCUT2D eigenvalue weighted by Crippen LogP contribution is 2.27. The number of benzene rings is 2. The second-order valence-electron chi connectivity index (χ2n) is 6.94. The number of aromatic amines is 1. The van der Waals surface area contributed by atoms with Gasteiger partial charge in [-0.15, -0.1) is 10.2 Å². The molecule has 0 aliphatic heterocycles. The lowest BCUT2D eigenvalue weighted by atomic mass is 10.1. The van der Waals surface area contributed by atoms with Crippen molar-refractivity contribution in [2.45, 2.75) is 12.1 Å². The van der Waals surface area contributed by atoms with Crippen molar-refractivity contribution < 1.29 is 14.6 Å². The molecule has 0 bridgehead atoms. The molecule has 9 heteroatoms. The van der Waals surface area contributed by atoms with Crippen LogP contribution in [0.15, 0.2) is 59.4 Å². The van der Waals surface area contributed by atoms with Crippen LogP contribution in [-0.2, 0) is 16.6 Å². The number of aryl methyl sites for hydroxylation is 1. The van der Waals surface area contributed by atoms with Crippen molar-refractivity contribution in [2.24, 2.45) is 7.05 Å². The van der Waals surface area contributed by atoms with E-state index >= 15 is 0 Å². The van der Waals surface area contributed by atoms with Crippen LogP contribution in [0.3, 0.4) is 0 Å². The van der Waals surface area contributed by atoms with Gasteiger partial charge < -0.3 is 19.4 Å². The number of esters is 1. The quantitative estimate of drug-likeness (QED) is 0.205. The Bertz CT molecular complexity index is 1240. The third kappa shape index (κ3) is 4.17. The van der Waals surface area contributed by atoms with E-state index in [2.05, 4.69) is 20.2 Å². The maximum absolute atomic E-state index is 12.4. The van der Waals surface area contributed by atoms with Gasteiger partial charge in [0.05, 0.1) is 23.9 Å². The number of aliphatic hydroxyl groups excluding tert-OH is 1. The minimum Gasteiger partial charge on any atom is -0.510 e. The van der Waals surface area contributed by atoms with E-state index in [-0.39, 0.29) is 22.9 Å². The molecule has 0 saturated heterocycles. The predicted octanol–water partition coefficient (Wildman–Crippen LogP) is 3.90. The topological polar surface area (TPSA) is 106 Å². The van der Waals surface area contributed by atoms with E-state index in [0.29, 0.717) is 10.7 Å². The molecule has 0 fully saturated rings. The van der Waals surface area contributed by atoms with Gasteiger partial charge in [-0.2, -0.15) is 0 Å². The molecule has 0 amide bonds. The van der Waals surface area contributed by atoms with Gasteiger partial charge in [0.25, 0.3) is 0 Å². The van der Waals surface area contributed by atoms with Crippen molar-refractivity contribution in [2.75, 3.05) is 12.9 Å². The maximum atomic E-state index is 12.4. The number of para-hydroxylation sites is 2. The van der Waals surface area contributed by atoms with Gasteiger partial charge in [0.15, 0.2) is 11.0 Å². The molecule has 2 heterocycles. The average molecular weight is 436 g/mol. The van der Waals surface area contributed by atoms with Crippen molar-refractivity contribution in [1.29, 1.82) is 0 Å². The number of imidazole rings is 1. The second kappa shape index (κ2) is 8.65. The molecule has 158 valence electrons. The van der Waals surface area contributed by atoms with E-state index in [0.717, 1.165) is 22.5 Å². The number of methoxy groups -OCH3 is 1. The van der Waals surface area contributed by atoms with Crippen LogP contribution in [0.2, 0.25) is 0 Å². The predicted molar refractivity (Wildman–Crippen MR) is 120 cm³/mol. The molecule has 0 spiro atoms. The largest absolute Gasteiger partial charge is 0.510 e. The number of nitrogens with one attached hydrogen (secondary N) is 1. The fourth-order valence-corrected chi connectivity index (χ4v) is 3.91. The zero-order chi connectivity index (χ0) is 22.0. The lowest BCUT2D eigenvalue weighted by molar-refractivity contribution is -0.133. The maximum Gasteiger partial charge on any atom is 0.345 e. The summed E-state index contributed by atoms with van der Waals surface area (Å²) in [5, 5.41) is 19.8. The zero-order valence-electron chi connectivity index (χ0n) is 17.3. The third-order valence-electron chi connectivity index (χ3n) is 4.79. The number of thioether (sulfide) groups is 1. The molecular weight excluding hydrogens is 414 g/mol. The Balaban J connectivity index is 1.61. The smallest absolute Gasteiger partial charge is 0.345 e. The molecule has 2 N–H and O–H groups in total. The van der Waals surface area contributed by atoms with Gasteiger partial charge in [-0.1, -0.05) is 53.7 Å². The molecule has 8 nitrogen and oxygen atoms in total. The number of aliphatic hydroxyl groups is 1. The van der Waals surface area contributed by atoms with Crippen molar-refractivity contribution >= 4 is 34.3 Å². The summed E-state index contributed by atoms with van der Waals surface area (Å²) >= 11 is 1.26. The minimum atomic E-state index is -0.671. The number of rotatable bonds is 6. The van der Waals surface area contributed by atoms with E-state index in [1.54, 1.807) is 0 Å². The molecule has 0 atom stereocenters. The molecule has 4 aromatic rings. The van der Waals surface area contributed by atoms with Crippen LogP contribution in [0.5, 0.6) is 0 Å². The molecular formula is C22H21N5O3S. The number of ether oxygens (including phenoxy) is 1. The molecule has 2 aromatic carbocycles. The fraction of sp³-hybridized carbons (Fsp3) is 0.182. The Labute approximate surface area is 183 Å².